The summed E-state index contributed by atoms with van der Waals surface area (Å²) in [6.07, 6.45) is 4.21. The Morgan fingerprint density at radius 2 is 1.94 bits per heavy atom. The van der Waals surface area contributed by atoms with Crippen molar-refractivity contribution in [1.82, 2.24) is 29.0 Å². The molecule has 4 aromatic rings. The number of hydrogen-bond donors (Lipinski definition) is 1. The van der Waals surface area contributed by atoms with Gasteiger partial charge in [0.1, 0.15) is 29.5 Å². The summed E-state index contributed by atoms with van der Waals surface area (Å²) in [5, 5.41) is 7.05. The van der Waals surface area contributed by atoms with E-state index in [1.807, 2.05) is 13.8 Å². The molecule has 0 aliphatic carbocycles. The number of nitrogens with one attached hydrogen (secondary N) is 1. The minimum atomic E-state index is -0.528. The van der Waals surface area contributed by atoms with E-state index in [9.17, 15) is 18.8 Å². The number of rotatable bonds is 5. The molecule has 0 bridgehead atoms. The normalized spacial score (nSPS) is 13.1. The lowest BCUT2D eigenvalue weighted by Crippen LogP contribution is -2.32. The van der Waals surface area contributed by atoms with Gasteiger partial charge in [-0.15, -0.1) is 0 Å². The average Bonchev–Trinajstić information content (AvgIpc) is 3.42. The molecule has 2 amide bonds. The molecule has 0 fully saturated rings. The second-order valence-electron chi connectivity index (χ2n) is 8.19. The molecule has 10 nitrogen and oxygen atoms in total. The quantitative estimate of drug-likeness (QED) is 0.487. The fourth-order valence-corrected chi connectivity index (χ4v) is 4.00. The number of hydrogen-bond acceptors (Lipinski definition) is 6. The molecular formula is C23H20FN7O3. The van der Waals surface area contributed by atoms with Crippen molar-refractivity contribution in [2.24, 2.45) is 0 Å². The van der Waals surface area contributed by atoms with Gasteiger partial charge >= 0.3 is 0 Å². The van der Waals surface area contributed by atoms with Crippen molar-refractivity contribution in [1.29, 1.82) is 0 Å². The fraction of sp³-hybridized carbons (Fsp3) is 0.217. The molecule has 0 unspecified atom stereocenters. The van der Waals surface area contributed by atoms with Gasteiger partial charge in [0.25, 0.3) is 11.5 Å². The van der Waals surface area contributed by atoms with Crippen LogP contribution in [0.3, 0.4) is 0 Å². The Balaban J connectivity index is 1.63. The van der Waals surface area contributed by atoms with Gasteiger partial charge in [0, 0.05) is 30.1 Å². The van der Waals surface area contributed by atoms with Crippen LogP contribution in [0.5, 0.6) is 0 Å². The molecule has 0 spiro atoms. The first-order valence-corrected chi connectivity index (χ1v) is 10.6. The Hall–Kier alpha value is -4.41. The first kappa shape index (κ1) is 21.4. The third-order valence-electron chi connectivity index (χ3n) is 5.66. The molecule has 1 aliphatic heterocycles. The second kappa shape index (κ2) is 8.18. The van der Waals surface area contributed by atoms with Crippen LogP contribution in [0.25, 0.3) is 16.9 Å². The SMILES string of the molecule is CC(C)N1Cc2c(n(CC(=O)Nc3ccc(F)cn3)c3cc(-c4ccncc4)nn3c2=O)C1=O. The highest BCUT2D eigenvalue weighted by molar-refractivity contribution is 5.98. The smallest absolute Gasteiger partial charge is 0.280 e. The molecule has 172 valence electrons. The number of nitrogens with zero attached hydrogens (tertiary/aromatic N) is 6. The summed E-state index contributed by atoms with van der Waals surface area (Å²) >= 11 is 0. The van der Waals surface area contributed by atoms with Crippen LogP contribution in [0.4, 0.5) is 10.2 Å². The van der Waals surface area contributed by atoms with Gasteiger partial charge in [0.2, 0.25) is 5.91 Å². The lowest BCUT2D eigenvalue weighted by Gasteiger charge is -2.20. The van der Waals surface area contributed by atoms with E-state index in [-0.39, 0.29) is 42.1 Å². The number of halogens is 1. The van der Waals surface area contributed by atoms with E-state index in [4.69, 9.17) is 0 Å². The molecule has 11 heteroatoms. The lowest BCUT2D eigenvalue weighted by molar-refractivity contribution is -0.116. The van der Waals surface area contributed by atoms with Crippen LogP contribution in [0.1, 0.15) is 29.9 Å². The number of carbonyl (C=O) groups is 2. The molecule has 0 saturated heterocycles. The van der Waals surface area contributed by atoms with Crippen LogP contribution in [-0.2, 0) is 17.9 Å². The van der Waals surface area contributed by atoms with Crippen molar-refractivity contribution in [3.8, 4) is 11.3 Å². The van der Waals surface area contributed by atoms with Gasteiger partial charge < -0.3 is 14.8 Å². The topological polar surface area (TPSA) is 114 Å². The van der Waals surface area contributed by atoms with E-state index >= 15 is 0 Å². The Morgan fingerprint density at radius 3 is 2.62 bits per heavy atom. The monoisotopic (exact) mass is 461 g/mol. The molecule has 1 aliphatic rings. The third kappa shape index (κ3) is 3.60. The Bertz CT molecular complexity index is 1480. The summed E-state index contributed by atoms with van der Waals surface area (Å²) in [5.74, 6) is -1.18. The van der Waals surface area contributed by atoms with Gasteiger partial charge in [-0.25, -0.2) is 9.37 Å². The van der Waals surface area contributed by atoms with Crippen LogP contribution in [0.15, 0.2) is 53.7 Å². The van der Waals surface area contributed by atoms with Gasteiger partial charge in [-0.1, -0.05) is 0 Å². The number of amides is 2. The van der Waals surface area contributed by atoms with Gasteiger partial charge in [-0.2, -0.15) is 9.61 Å². The van der Waals surface area contributed by atoms with Crippen molar-refractivity contribution < 1.29 is 14.0 Å². The third-order valence-corrected chi connectivity index (χ3v) is 5.66. The van der Waals surface area contributed by atoms with Gasteiger partial charge in [-0.3, -0.25) is 19.4 Å². The highest BCUT2D eigenvalue weighted by atomic mass is 19.1. The summed E-state index contributed by atoms with van der Waals surface area (Å²) in [4.78, 5) is 48.8. The Kier molecular flexibility index (Phi) is 5.16. The predicted octanol–water partition coefficient (Wildman–Crippen LogP) is 2.09. The van der Waals surface area contributed by atoms with E-state index < -0.39 is 17.3 Å². The van der Waals surface area contributed by atoms with Crippen LogP contribution in [0.2, 0.25) is 0 Å². The molecule has 0 aromatic carbocycles. The van der Waals surface area contributed by atoms with Crippen LogP contribution in [0, 0.1) is 5.82 Å². The highest BCUT2D eigenvalue weighted by Crippen LogP contribution is 2.26. The molecule has 0 atom stereocenters. The molecule has 0 saturated carbocycles. The average molecular weight is 461 g/mol. The maximum atomic E-state index is 13.3. The minimum Gasteiger partial charge on any atom is -0.330 e. The standard InChI is InChI=1S/C23H20FN7O3/c1-13(2)29-11-16-21(23(29)34)30(12-19(32)27-18-4-3-15(24)10-26-18)20-9-17(28-31(20)22(16)33)14-5-7-25-8-6-14/h3-10,13H,11-12H2,1-2H3,(H,26,27,32). The second-order valence-corrected chi connectivity index (χ2v) is 8.19. The van der Waals surface area contributed by atoms with Crippen molar-refractivity contribution in [3.05, 3.63) is 76.4 Å². The molecular weight excluding hydrogens is 441 g/mol. The first-order valence-electron chi connectivity index (χ1n) is 10.6. The van der Waals surface area contributed by atoms with Crippen LogP contribution >= 0.6 is 0 Å². The van der Waals surface area contributed by atoms with Crippen molar-refractivity contribution >= 4 is 23.3 Å². The Labute approximate surface area is 192 Å². The van der Waals surface area contributed by atoms with Crippen LogP contribution in [-0.4, -0.2) is 46.9 Å². The van der Waals surface area contributed by atoms with Crippen molar-refractivity contribution in [3.63, 3.8) is 0 Å². The molecule has 4 aromatic heterocycles. The minimum absolute atomic E-state index is 0.131. The van der Waals surface area contributed by atoms with E-state index in [1.165, 1.54) is 21.2 Å². The molecule has 5 heterocycles. The van der Waals surface area contributed by atoms with Gasteiger partial charge in [0.15, 0.2) is 0 Å². The number of fused-ring (bicyclic) bond motifs is 2. The molecule has 5 rings (SSSR count). The fourth-order valence-electron chi connectivity index (χ4n) is 4.00. The maximum Gasteiger partial charge on any atom is 0.280 e. The van der Waals surface area contributed by atoms with Crippen molar-refractivity contribution in [2.75, 3.05) is 5.32 Å². The number of pyridine rings is 2. The van der Waals surface area contributed by atoms with E-state index in [1.54, 1.807) is 35.5 Å². The molecule has 1 N–H and O–H groups in total. The maximum absolute atomic E-state index is 13.3. The molecule has 34 heavy (non-hydrogen) atoms. The van der Waals surface area contributed by atoms with E-state index in [0.29, 0.717) is 11.3 Å². The highest BCUT2D eigenvalue weighted by Gasteiger charge is 2.36. The van der Waals surface area contributed by atoms with Gasteiger partial charge in [-0.05, 0) is 38.1 Å². The van der Waals surface area contributed by atoms with Crippen molar-refractivity contribution in [2.45, 2.75) is 33.0 Å². The summed E-state index contributed by atoms with van der Waals surface area (Å²) in [7, 11) is 0. The number of anilines is 1. The van der Waals surface area contributed by atoms with E-state index in [2.05, 4.69) is 20.4 Å². The zero-order valence-electron chi connectivity index (χ0n) is 18.4. The molecule has 0 radical (unpaired) electrons. The van der Waals surface area contributed by atoms with E-state index in [0.717, 1.165) is 11.8 Å². The first-order chi connectivity index (χ1) is 16.3. The number of aromatic nitrogens is 5. The summed E-state index contributed by atoms with van der Waals surface area (Å²) < 4.78 is 15.9. The summed E-state index contributed by atoms with van der Waals surface area (Å²) in [5.41, 5.74) is 1.58. The Morgan fingerprint density at radius 1 is 1.18 bits per heavy atom. The predicted molar refractivity (Wildman–Crippen MR) is 121 cm³/mol. The summed E-state index contributed by atoms with van der Waals surface area (Å²) in [6, 6.07) is 7.55. The largest absolute Gasteiger partial charge is 0.330 e. The number of carbonyl (C=O) groups excluding carboxylic acids is 2. The van der Waals surface area contributed by atoms with Gasteiger partial charge in [0.05, 0.1) is 24.0 Å². The zero-order valence-corrected chi connectivity index (χ0v) is 18.4. The zero-order chi connectivity index (χ0) is 24.0. The summed E-state index contributed by atoms with van der Waals surface area (Å²) in [6.45, 7) is 3.58. The lowest BCUT2D eigenvalue weighted by atomic mass is 10.2. The van der Waals surface area contributed by atoms with Crippen LogP contribution < -0.4 is 10.9 Å².